The molecule has 0 spiro atoms. The lowest BCUT2D eigenvalue weighted by Gasteiger charge is -2.14. The van der Waals surface area contributed by atoms with Crippen molar-refractivity contribution in [3.8, 4) is 5.75 Å². The predicted octanol–water partition coefficient (Wildman–Crippen LogP) is 2.16. The van der Waals surface area contributed by atoms with E-state index in [2.05, 4.69) is 17.3 Å². The Balaban J connectivity index is 1.63. The number of fused-ring (bicyclic) bond motifs is 1. The Labute approximate surface area is 151 Å². The average molecular weight is 354 g/mol. The first-order chi connectivity index (χ1) is 12.6. The summed E-state index contributed by atoms with van der Waals surface area (Å²) in [4.78, 5) is 24.8. The number of nitrogens with one attached hydrogen (secondary N) is 1. The number of amides is 1. The van der Waals surface area contributed by atoms with Gasteiger partial charge in [-0.1, -0.05) is 19.1 Å². The third-order valence-electron chi connectivity index (χ3n) is 4.12. The van der Waals surface area contributed by atoms with Crippen LogP contribution in [0.2, 0.25) is 0 Å². The highest BCUT2D eigenvalue weighted by molar-refractivity contribution is 5.79. The van der Waals surface area contributed by atoms with E-state index < -0.39 is 6.04 Å². The molecular weight excluding hydrogens is 332 g/mol. The number of hydrogen-bond donors (Lipinski definition) is 1. The SMILES string of the molecule is CCCOc1ccc(CNC(=O)[C@@H](C)n2ncn3cccc3c2=O)cc1. The van der Waals surface area contributed by atoms with Gasteiger partial charge in [-0.05, 0) is 43.2 Å². The number of benzene rings is 1. The van der Waals surface area contributed by atoms with Gasteiger partial charge in [0.15, 0.2) is 0 Å². The number of hydrogen-bond acceptors (Lipinski definition) is 4. The molecule has 136 valence electrons. The van der Waals surface area contributed by atoms with Gasteiger partial charge in [-0.15, -0.1) is 0 Å². The Morgan fingerprint density at radius 2 is 2.04 bits per heavy atom. The average Bonchev–Trinajstić information content (AvgIpc) is 3.15. The summed E-state index contributed by atoms with van der Waals surface area (Å²) >= 11 is 0. The second-order valence-electron chi connectivity index (χ2n) is 6.07. The highest BCUT2D eigenvalue weighted by Crippen LogP contribution is 2.12. The van der Waals surface area contributed by atoms with Gasteiger partial charge >= 0.3 is 0 Å². The van der Waals surface area contributed by atoms with Crippen LogP contribution in [-0.4, -0.2) is 26.7 Å². The predicted molar refractivity (Wildman–Crippen MR) is 98.2 cm³/mol. The zero-order valence-corrected chi connectivity index (χ0v) is 14.9. The summed E-state index contributed by atoms with van der Waals surface area (Å²) in [5.41, 5.74) is 1.15. The highest BCUT2D eigenvalue weighted by atomic mass is 16.5. The van der Waals surface area contributed by atoms with Gasteiger partial charge in [-0.2, -0.15) is 5.10 Å². The van der Waals surface area contributed by atoms with Gasteiger partial charge in [-0.25, -0.2) is 4.68 Å². The van der Waals surface area contributed by atoms with Gasteiger partial charge in [0, 0.05) is 12.7 Å². The van der Waals surface area contributed by atoms with E-state index in [9.17, 15) is 9.59 Å². The molecule has 7 heteroatoms. The van der Waals surface area contributed by atoms with Crippen molar-refractivity contribution >= 4 is 11.4 Å². The summed E-state index contributed by atoms with van der Waals surface area (Å²) in [6.45, 7) is 4.77. The smallest absolute Gasteiger partial charge is 0.291 e. The lowest BCUT2D eigenvalue weighted by molar-refractivity contribution is -0.124. The molecule has 2 aromatic heterocycles. The van der Waals surface area contributed by atoms with Crippen molar-refractivity contribution in [1.29, 1.82) is 0 Å². The Kier molecular flexibility index (Phi) is 5.36. The quantitative estimate of drug-likeness (QED) is 0.705. The molecule has 0 aliphatic heterocycles. The molecule has 7 nitrogen and oxygen atoms in total. The maximum absolute atomic E-state index is 12.4. The summed E-state index contributed by atoms with van der Waals surface area (Å²) in [6, 6.07) is 10.4. The van der Waals surface area contributed by atoms with Crippen molar-refractivity contribution in [3.05, 3.63) is 64.8 Å². The summed E-state index contributed by atoms with van der Waals surface area (Å²) in [5, 5.41) is 6.93. The lowest BCUT2D eigenvalue weighted by atomic mass is 10.2. The van der Waals surface area contributed by atoms with E-state index in [1.165, 1.54) is 11.0 Å². The standard InChI is InChI=1S/C19H22N4O3/c1-3-11-26-16-8-6-15(7-9-16)12-20-18(24)14(2)23-19(25)17-5-4-10-22(17)13-21-23/h4-10,13-14H,3,11-12H2,1-2H3,(H,20,24)/t14-/m1/s1. The molecule has 0 aliphatic carbocycles. The Bertz CT molecular complexity index is 943. The molecule has 0 saturated carbocycles. The fourth-order valence-corrected chi connectivity index (χ4v) is 2.60. The molecule has 1 atom stereocenters. The molecule has 1 N–H and O–H groups in total. The second-order valence-corrected chi connectivity index (χ2v) is 6.07. The van der Waals surface area contributed by atoms with Gasteiger partial charge in [0.25, 0.3) is 5.56 Å². The largest absolute Gasteiger partial charge is 0.494 e. The van der Waals surface area contributed by atoms with Crippen molar-refractivity contribution in [2.45, 2.75) is 32.9 Å². The van der Waals surface area contributed by atoms with E-state index >= 15 is 0 Å². The van der Waals surface area contributed by atoms with Crippen molar-refractivity contribution in [2.24, 2.45) is 0 Å². The van der Waals surface area contributed by atoms with Crippen LogP contribution < -0.4 is 15.6 Å². The summed E-state index contributed by atoms with van der Waals surface area (Å²) in [5.74, 6) is 0.549. The first kappa shape index (κ1) is 17.7. The van der Waals surface area contributed by atoms with Crippen molar-refractivity contribution in [2.75, 3.05) is 6.61 Å². The van der Waals surface area contributed by atoms with Crippen LogP contribution in [0.4, 0.5) is 0 Å². The van der Waals surface area contributed by atoms with E-state index in [1.807, 2.05) is 24.3 Å². The molecular formula is C19H22N4O3. The van der Waals surface area contributed by atoms with Crippen LogP contribution in [0.3, 0.4) is 0 Å². The van der Waals surface area contributed by atoms with Crippen LogP contribution in [-0.2, 0) is 11.3 Å². The van der Waals surface area contributed by atoms with Gasteiger partial charge in [-0.3, -0.25) is 9.59 Å². The first-order valence-electron chi connectivity index (χ1n) is 8.64. The van der Waals surface area contributed by atoms with Crippen LogP contribution in [0.15, 0.2) is 53.7 Å². The number of nitrogens with zero attached hydrogens (tertiary/aromatic N) is 3. The van der Waals surface area contributed by atoms with Gasteiger partial charge in [0.2, 0.25) is 5.91 Å². The third-order valence-corrected chi connectivity index (χ3v) is 4.12. The summed E-state index contributed by atoms with van der Waals surface area (Å²) < 4.78 is 8.37. The molecule has 26 heavy (non-hydrogen) atoms. The molecule has 2 heterocycles. The van der Waals surface area contributed by atoms with E-state index in [4.69, 9.17) is 4.74 Å². The molecule has 0 radical (unpaired) electrons. The molecule has 0 fully saturated rings. The Hall–Kier alpha value is -3.09. The van der Waals surface area contributed by atoms with Gasteiger partial charge in [0.1, 0.15) is 23.6 Å². The van der Waals surface area contributed by atoms with Gasteiger partial charge in [0.05, 0.1) is 6.61 Å². The Morgan fingerprint density at radius 3 is 2.77 bits per heavy atom. The first-order valence-corrected chi connectivity index (χ1v) is 8.64. The zero-order valence-electron chi connectivity index (χ0n) is 14.9. The van der Waals surface area contributed by atoms with Crippen LogP contribution >= 0.6 is 0 Å². The normalized spacial score (nSPS) is 12.1. The van der Waals surface area contributed by atoms with Crippen molar-refractivity contribution in [3.63, 3.8) is 0 Å². The van der Waals surface area contributed by atoms with Crippen molar-refractivity contribution < 1.29 is 9.53 Å². The van der Waals surface area contributed by atoms with Crippen LogP contribution in [0.1, 0.15) is 31.9 Å². The summed E-state index contributed by atoms with van der Waals surface area (Å²) in [7, 11) is 0. The molecule has 0 saturated heterocycles. The summed E-state index contributed by atoms with van der Waals surface area (Å²) in [6.07, 6.45) is 4.22. The molecule has 1 amide bonds. The zero-order chi connectivity index (χ0) is 18.5. The maximum atomic E-state index is 12.4. The molecule has 1 aromatic carbocycles. The van der Waals surface area contributed by atoms with Crippen molar-refractivity contribution in [1.82, 2.24) is 19.5 Å². The number of ether oxygens (including phenoxy) is 1. The number of carbonyl (C=O) groups is 1. The third kappa shape index (κ3) is 3.77. The van der Waals surface area contributed by atoms with Crippen LogP contribution in [0, 0.1) is 0 Å². The van der Waals surface area contributed by atoms with E-state index in [1.54, 1.807) is 29.7 Å². The van der Waals surface area contributed by atoms with Gasteiger partial charge < -0.3 is 14.5 Å². The number of aromatic nitrogens is 3. The molecule has 3 rings (SSSR count). The lowest BCUT2D eigenvalue weighted by Crippen LogP contribution is -2.37. The van der Waals surface area contributed by atoms with E-state index in [-0.39, 0.29) is 11.5 Å². The van der Waals surface area contributed by atoms with Crippen LogP contribution in [0.5, 0.6) is 5.75 Å². The molecule has 0 bridgehead atoms. The topological polar surface area (TPSA) is 77.6 Å². The minimum absolute atomic E-state index is 0.262. The fraction of sp³-hybridized carbons (Fsp3) is 0.316. The fourth-order valence-electron chi connectivity index (χ4n) is 2.60. The molecule has 0 unspecified atom stereocenters. The second kappa shape index (κ2) is 7.86. The Morgan fingerprint density at radius 1 is 1.27 bits per heavy atom. The highest BCUT2D eigenvalue weighted by Gasteiger charge is 2.18. The van der Waals surface area contributed by atoms with E-state index in [0.717, 1.165) is 17.7 Å². The van der Waals surface area contributed by atoms with Crippen LogP contribution in [0.25, 0.3) is 5.52 Å². The minimum Gasteiger partial charge on any atom is -0.494 e. The minimum atomic E-state index is -0.699. The monoisotopic (exact) mass is 354 g/mol. The number of rotatable bonds is 7. The van der Waals surface area contributed by atoms with E-state index in [0.29, 0.717) is 18.7 Å². The number of carbonyl (C=O) groups excluding carboxylic acids is 1. The molecule has 3 aromatic rings. The maximum Gasteiger partial charge on any atom is 0.291 e. The molecule has 0 aliphatic rings.